The molecule has 0 radical (unpaired) electrons. The highest BCUT2D eigenvalue weighted by Crippen LogP contribution is 2.16. The number of hydrogen-bond donors (Lipinski definition) is 0. The van der Waals surface area contributed by atoms with E-state index in [-0.39, 0.29) is 12.5 Å². The monoisotopic (exact) mass is 221 g/mol. The summed E-state index contributed by atoms with van der Waals surface area (Å²) in [6, 6.07) is 7.66. The first kappa shape index (κ1) is 11.0. The van der Waals surface area contributed by atoms with Crippen LogP contribution in [0, 0.1) is 6.92 Å². The van der Waals surface area contributed by atoms with Gasteiger partial charge in [-0.2, -0.15) is 0 Å². The summed E-state index contributed by atoms with van der Waals surface area (Å²) in [6.07, 6.45) is 0. The Labute approximate surface area is 94.8 Å². The second kappa shape index (κ2) is 4.99. The lowest BCUT2D eigenvalue weighted by molar-refractivity contribution is -0.133. The van der Waals surface area contributed by atoms with Crippen molar-refractivity contribution in [1.82, 2.24) is 4.90 Å². The summed E-state index contributed by atoms with van der Waals surface area (Å²) in [4.78, 5) is 13.3. The fraction of sp³-hybridized carbons (Fsp3) is 0.417. The van der Waals surface area contributed by atoms with E-state index in [0.29, 0.717) is 19.9 Å². The number of amides is 1. The van der Waals surface area contributed by atoms with Gasteiger partial charge in [0, 0.05) is 6.54 Å². The van der Waals surface area contributed by atoms with Gasteiger partial charge in [-0.3, -0.25) is 4.79 Å². The molecule has 1 amide bonds. The molecule has 0 unspecified atom stereocenters. The second-order valence-corrected chi connectivity index (χ2v) is 3.75. The summed E-state index contributed by atoms with van der Waals surface area (Å²) < 4.78 is 10.6. The Morgan fingerprint density at radius 1 is 1.50 bits per heavy atom. The number of aryl methyl sites for hydroxylation is 1. The van der Waals surface area contributed by atoms with Crippen LogP contribution in [0.25, 0.3) is 0 Å². The van der Waals surface area contributed by atoms with Crippen LogP contribution in [0.4, 0.5) is 0 Å². The molecule has 4 nitrogen and oxygen atoms in total. The predicted octanol–water partition coefficient (Wildman–Crippen LogP) is 1.19. The van der Waals surface area contributed by atoms with Crippen LogP contribution in [-0.2, 0) is 9.53 Å². The molecule has 1 aliphatic heterocycles. The van der Waals surface area contributed by atoms with E-state index in [1.165, 1.54) is 0 Å². The molecule has 0 spiro atoms. The third-order valence-corrected chi connectivity index (χ3v) is 2.55. The average molecular weight is 221 g/mol. The van der Waals surface area contributed by atoms with Crippen LogP contribution in [0.2, 0.25) is 0 Å². The summed E-state index contributed by atoms with van der Waals surface area (Å²) in [6.45, 7) is 3.70. The normalized spacial score (nSPS) is 15.2. The lowest BCUT2D eigenvalue weighted by Gasteiger charge is -2.14. The van der Waals surface area contributed by atoms with Crippen LogP contribution in [0.15, 0.2) is 24.3 Å². The van der Waals surface area contributed by atoms with Crippen molar-refractivity contribution in [2.45, 2.75) is 6.92 Å². The Morgan fingerprint density at radius 2 is 2.31 bits per heavy atom. The Bertz CT molecular complexity index is 372. The fourth-order valence-corrected chi connectivity index (χ4v) is 1.56. The summed E-state index contributed by atoms with van der Waals surface area (Å²) in [5, 5.41) is 0. The molecule has 0 aromatic heterocycles. The topological polar surface area (TPSA) is 38.8 Å². The molecule has 1 aliphatic rings. The van der Waals surface area contributed by atoms with Gasteiger partial charge in [0.1, 0.15) is 12.5 Å². The smallest absolute Gasteiger partial charge is 0.262 e. The number of benzene rings is 1. The van der Waals surface area contributed by atoms with E-state index < -0.39 is 0 Å². The molecule has 16 heavy (non-hydrogen) atoms. The van der Waals surface area contributed by atoms with Crippen molar-refractivity contribution in [3.8, 4) is 5.75 Å². The first-order valence-corrected chi connectivity index (χ1v) is 5.31. The second-order valence-electron chi connectivity index (χ2n) is 3.75. The van der Waals surface area contributed by atoms with Gasteiger partial charge in [0.2, 0.25) is 0 Å². The highest BCUT2D eigenvalue weighted by Gasteiger charge is 2.18. The van der Waals surface area contributed by atoms with Gasteiger partial charge in [-0.15, -0.1) is 0 Å². The maximum Gasteiger partial charge on any atom is 0.262 e. The van der Waals surface area contributed by atoms with Crippen molar-refractivity contribution in [2.24, 2.45) is 0 Å². The van der Waals surface area contributed by atoms with Crippen LogP contribution in [0.1, 0.15) is 5.56 Å². The van der Waals surface area contributed by atoms with Gasteiger partial charge in [-0.25, -0.2) is 0 Å². The summed E-state index contributed by atoms with van der Waals surface area (Å²) >= 11 is 0. The van der Waals surface area contributed by atoms with Crippen molar-refractivity contribution >= 4 is 5.91 Å². The van der Waals surface area contributed by atoms with Gasteiger partial charge in [0.05, 0.1) is 6.61 Å². The Hall–Kier alpha value is -1.55. The molecular formula is C12H15NO3. The van der Waals surface area contributed by atoms with Crippen LogP contribution in [-0.4, -0.2) is 37.3 Å². The fourth-order valence-electron chi connectivity index (χ4n) is 1.56. The van der Waals surface area contributed by atoms with E-state index in [9.17, 15) is 4.79 Å². The van der Waals surface area contributed by atoms with Crippen molar-refractivity contribution in [3.05, 3.63) is 29.8 Å². The number of hydrogen-bond acceptors (Lipinski definition) is 3. The lowest BCUT2D eigenvalue weighted by Crippen LogP contribution is -2.32. The molecule has 1 heterocycles. The summed E-state index contributed by atoms with van der Waals surface area (Å²) in [5.41, 5.74) is 1.04. The predicted molar refractivity (Wildman–Crippen MR) is 59.2 cm³/mol. The van der Waals surface area contributed by atoms with E-state index >= 15 is 0 Å². The van der Waals surface area contributed by atoms with Gasteiger partial charge in [-0.1, -0.05) is 18.2 Å². The van der Waals surface area contributed by atoms with Gasteiger partial charge < -0.3 is 14.4 Å². The molecule has 0 bridgehead atoms. The molecule has 0 atom stereocenters. The molecule has 1 aromatic carbocycles. The van der Waals surface area contributed by atoms with Gasteiger partial charge in [0.15, 0.2) is 6.61 Å². The average Bonchev–Trinajstić information content (AvgIpc) is 2.81. The molecule has 0 N–H and O–H groups in total. The largest absolute Gasteiger partial charge is 0.483 e. The molecule has 0 aliphatic carbocycles. The van der Waals surface area contributed by atoms with Crippen LogP contribution < -0.4 is 4.74 Å². The van der Waals surface area contributed by atoms with Crippen LogP contribution in [0.5, 0.6) is 5.75 Å². The molecular weight excluding hydrogens is 206 g/mol. The minimum Gasteiger partial charge on any atom is -0.483 e. The highest BCUT2D eigenvalue weighted by molar-refractivity contribution is 5.77. The Kier molecular flexibility index (Phi) is 3.41. The Morgan fingerprint density at radius 3 is 3.00 bits per heavy atom. The van der Waals surface area contributed by atoms with Crippen LogP contribution in [0.3, 0.4) is 0 Å². The minimum atomic E-state index is -0.0271. The number of carbonyl (C=O) groups excluding carboxylic acids is 1. The van der Waals surface area contributed by atoms with Crippen molar-refractivity contribution in [2.75, 3.05) is 26.5 Å². The maximum atomic E-state index is 11.7. The maximum absolute atomic E-state index is 11.7. The van der Waals surface area contributed by atoms with Crippen LogP contribution >= 0.6 is 0 Å². The van der Waals surface area contributed by atoms with E-state index in [1.54, 1.807) is 4.90 Å². The Balaban J connectivity index is 1.87. The summed E-state index contributed by atoms with van der Waals surface area (Å²) in [7, 11) is 0. The van der Waals surface area contributed by atoms with E-state index in [1.807, 2.05) is 31.2 Å². The first-order valence-electron chi connectivity index (χ1n) is 5.31. The molecule has 1 saturated heterocycles. The third-order valence-electron chi connectivity index (χ3n) is 2.55. The van der Waals surface area contributed by atoms with Gasteiger partial charge in [0.25, 0.3) is 5.91 Å². The molecule has 86 valence electrons. The number of para-hydroxylation sites is 1. The van der Waals surface area contributed by atoms with Gasteiger partial charge in [-0.05, 0) is 18.6 Å². The number of carbonyl (C=O) groups is 1. The van der Waals surface area contributed by atoms with Crippen molar-refractivity contribution in [1.29, 1.82) is 0 Å². The number of ether oxygens (including phenoxy) is 2. The summed E-state index contributed by atoms with van der Waals surface area (Å²) in [5.74, 6) is 0.733. The van der Waals surface area contributed by atoms with Crippen molar-refractivity contribution < 1.29 is 14.3 Å². The molecule has 2 rings (SSSR count). The zero-order chi connectivity index (χ0) is 11.4. The quantitative estimate of drug-likeness (QED) is 0.769. The first-order chi connectivity index (χ1) is 7.77. The number of nitrogens with zero attached hydrogens (tertiary/aromatic N) is 1. The van der Waals surface area contributed by atoms with Crippen molar-refractivity contribution in [3.63, 3.8) is 0 Å². The standard InChI is InChI=1S/C12H15NO3/c1-10-4-2-3-5-11(10)16-8-12(14)13-6-7-15-9-13/h2-5H,6-9H2,1H3. The molecule has 1 aromatic rings. The van der Waals surface area contributed by atoms with E-state index in [4.69, 9.17) is 9.47 Å². The molecule has 1 fully saturated rings. The van der Waals surface area contributed by atoms with E-state index in [0.717, 1.165) is 11.3 Å². The minimum absolute atomic E-state index is 0.0271. The SMILES string of the molecule is Cc1ccccc1OCC(=O)N1CCOC1. The lowest BCUT2D eigenvalue weighted by atomic mass is 10.2. The highest BCUT2D eigenvalue weighted by atomic mass is 16.5. The molecule has 0 saturated carbocycles. The van der Waals surface area contributed by atoms with Gasteiger partial charge >= 0.3 is 0 Å². The van der Waals surface area contributed by atoms with E-state index in [2.05, 4.69) is 0 Å². The number of rotatable bonds is 3. The third kappa shape index (κ3) is 2.52. The zero-order valence-electron chi connectivity index (χ0n) is 9.31. The molecule has 4 heteroatoms. The zero-order valence-corrected chi connectivity index (χ0v) is 9.31.